The van der Waals surface area contributed by atoms with Gasteiger partial charge in [0, 0.05) is 44.5 Å². The van der Waals surface area contributed by atoms with Crippen molar-refractivity contribution < 1.29 is 13.7 Å². The largest absolute Gasteiger partial charge is 0.473 e. The third-order valence-corrected chi connectivity index (χ3v) is 5.86. The lowest BCUT2D eigenvalue weighted by Crippen LogP contribution is -2.38. The van der Waals surface area contributed by atoms with Crippen molar-refractivity contribution in [3.63, 3.8) is 0 Å². The first-order valence-electron chi connectivity index (χ1n) is 11.0. The number of fused-ring (bicyclic) bond motifs is 1. The average molecular weight is 462 g/mol. The molecule has 1 aromatic carbocycles. The molecule has 4 aromatic rings. The highest BCUT2D eigenvalue weighted by atomic mass is 19.1. The molecule has 5 rings (SSSR count). The number of benzene rings is 1. The first-order chi connectivity index (χ1) is 16.4. The van der Waals surface area contributed by atoms with Gasteiger partial charge in [-0.3, -0.25) is 4.68 Å². The standard InChI is InChI=1S/C23H23FN8O2/c1-13(2)21-28-23(34-30-21)32-9-7-15(8-10-32)33-22-20-19(26-12-27-22)18(29-31(20)4)16-6-5-14(25-3)11-17(16)24/h5-6,11-13,15H,7-10H2,1-2,4H3. The molecule has 0 atom stereocenters. The van der Waals surface area contributed by atoms with Crippen LogP contribution in [0.4, 0.5) is 16.1 Å². The second-order valence-corrected chi connectivity index (χ2v) is 8.52. The predicted molar refractivity (Wildman–Crippen MR) is 122 cm³/mol. The fourth-order valence-electron chi connectivity index (χ4n) is 4.02. The van der Waals surface area contributed by atoms with Crippen molar-refractivity contribution >= 4 is 22.7 Å². The van der Waals surface area contributed by atoms with Gasteiger partial charge in [0.1, 0.15) is 35.0 Å². The SMILES string of the molecule is [C-]#[N+]c1ccc(-c2nn(C)c3c(OC4CCN(c5nc(C(C)C)no5)CC4)ncnc23)c(F)c1. The number of hydrogen-bond donors (Lipinski definition) is 0. The molecule has 11 heteroatoms. The lowest BCUT2D eigenvalue weighted by Gasteiger charge is -2.30. The highest BCUT2D eigenvalue weighted by molar-refractivity contribution is 5.92. The summed E-state index contributed by atoms with van der Waals surface area (Å²) >= 11 is 0. The summed E-state index contributed by atoms with van der Waals surface area (Å²) < 4.78 is 27.9. The van der Waals surface area contributed by atoms with Gasteiger partial charge in [-0.25, -0.2) is 14.2 Å². The van der Waals surface area contributed by atoms with Crippen molar-refractivity contribution in [3.05, 3.63) is 47.6 Å². The van der Waals surface area contributed by atoms with Crippen LogP contribution >= 0.6 is 0 Å². The fourth-order valence-corrected chi connectivity index (χ4v) is 4.02. The highest BCUT2D eigenvalue weighted by Gasteiger charge is 2.27. The number of hydrogen-bond acceptors (Lipinski definition) is 8. The van der Waals surface area contributed by atoms with Crippen LogP contribution in [0.15, 0.2) is 29.0 Å². The van der Waals surface area contributed by atoms with E-state index in [1.54, 1.807) is 23.9 Å². The van der Waals surface area contributed by atoms with Crippen molar-refractivity contribution in [2.75, 3.05) is 18.0 Å². The maximum Gasteiger partial charge on any atom is 0.324 e. The molecule has 0 N–H and O–H groups in total. The second kappa shape index (κ2) is 8.70. The van der Waals surface area contributed by atoms with Crippen molar-refractivity contribution in [1.82, 2.24) is 29.9 Å². The van der Waals surface area contributed by atoms with Crippen molar-refractivity contribution in [3.8, 4) is 17.1 Å². The predicted octanol–water partition coefficient (Wildman–Crippen LogP) is 4.27. The molecule has 1 saturated heterocycles. The van der Waals surface area contributed by atoms with E-state index in [0.717, 1.165) is 12.8 Å². The van der Waals surface area contributed by atoms with Crippen LogP contribution in [0.25, 0.3) is 27.1 Å². The smallest absolute Gasteiger partial charge is 0.324 e. The average Bonchev–Trinajstić information content (AvgIpc) is 3.46. The Morgan fingerprint density at radius 2 is 2.03 bits per heavy atom. The van der Waals surface area contributed by atoms with Gasteiger partial charge in [0.25, 0.3) is 0 Å². The Labute approximate surface area is 195 Å². The molecule has 0 radical (unpaired) electrons. The quantitative estimate of drug-likeness (QED) is 0.406. The summed E-state index contributed by atoms with van der Waals surface area (Å²) in [6.45, 7) is 12.6. The van der Waals surface area contributed by atoms with E-state index in [-0.39, 0.29) is 23.3 Å². The number of ether oxygens (including phenoxy) is 1. The van der Waals surface area contributed by atoms with Gasteiger partial charge in [-0.15, -0.1) is 0 Å². The van der Waals surface area contributed by atoms with Crippen LogP contribution < -0.4 is 9.64 Å². The van der Waals surface area contributed by atoms with E-state index >= 15 is 0 Å². The third kappa shape index (κ3) is 3.91. The van der Waals surface area contributed by atoms with Crippen LogP contribution in [0.5, 0.6) is 5.88 Å². The number of aromatic nitrogens is 6. The lowest BCUT2D eigenvalue weighted by atomic mass is 10.1. The minimum Gasteiger partial charge on any atom is -0.473 e. The summed E-state index contributed by atoms with van der Waals surface area (Å²) in [5.74, 6) is 0.789. The Bertz CT molecular complexity index is 1380. The zero-order chi connectivity index (χ0) is 23.8. The third-order valence-electron chi connectivity index (χ3n) is 5.86. The Kier molecular flexibility index (Phi) is 5.57. The van der Waals surface area contributed by atoms with Gasteiger partial charge in [-0.05, 0) is 6.07 Å². The molecule has 1 aliphatic heterocycles. The number of piperidine rings is 1. The number of nitrogens with zero attached hydrogens (tertiary/aromatic N) is 8. The number of anilines is 1. The molecule has 0 aliphatic carbocycles. The van der Waals surface area contributed by atoms with Crippen molar-refractivity contribution in [2.24, 2.45) is 7.05 Å². The molecule has 0 unspecified atom stereocenters. The number of aryl methyl sites for hydroxylation is 1. The Morgan fingerprint density at radius 3 is 2.71 bits per heavy atom. The van der Waals surface area contributed by atoms with Gasteiger partial charge in [-0.1, -0.05) is 31.1 Å². The summed E-state index contributed by atoms with van der Waals surface area (Å²) in [4.78, 5) is 18.5. The van der Waals surface area contributed by atoms with Crippen LogP contribution in [0, 0.1) is 12.4 Å². The minimum absolute atomic E-state index is 0.0603. The molecular weight excluding hydrogens is 439 g/mol. The van der Waals surface area contributed by atoms with Gasteiger partial charge < -0.3 is 14.2 Å². The molecule has 4 heterocycles. The number of rotatable bonds is 5. The number of halogens is 1. The second-order valence-electron chi connectivity index (χ2n) is 8.52. The molecule has 3 aromatic heterocycles. The minimum atomic E-state index is -0.524. The summed E-state index contributed by atoms with van der Waals surface area (Å²) in [6, 6.07) is 4.84. The molecule has 0 saturated carbocycles. The fraction of sp³-hybridized carbons (Fsp3) is 0.391. The maximum atomic E-state index is 14.7. The summed E-state index contributed by atoms with van der Waals surface area (Å²) in [6.07, 6.45) is 2.84. The maximum absolute atomic E-state index is 14.7. The van der Waals surface area contributed by atoms with E-state index in [0.29, 0.717) is 47.5 Å². The van der Waals surface area contributed by atoms with Crippen LogP contribution in [0.3, 0.4) is 0 Å². The van der Waals surface area contributed by atoms with Gasteiger partial charge in [0.15, 0.2) is 11.5 Å². The van der Waals surface area contributed by atoms with Crippen LogP contribution in [-0.4, -0.2) is 49.1 Å². The first-order valence-corrected chi connectivity index (χ1v) is 11.0. The molecule has 174 valence electrons. The normalized spacial score (nSPS) is 14.6. The van der Waals surface area contributed by atoms with E-state index < -0.39 is 5.82 Å². The van der Waals surface area contributed by atoms with Gasteiger partial charge >= 0.3 is 6.01 Å². The van der Waals surface area contributed by atoms with E-state index in [1.807, 2.05) is 13.8 Å². The van der Waals surface area contributed by atoms with Gasteiger partial charge in [-0.2, -0.15) is 15.1 Å². The molecule has 10 nitrogen and oxygen atoms in total. The molecule has 1 aliphatic rings. The molecule has 0 amide bonds. The molecule has 0 spiro atoms. The van der Waals surface area contributed by atoms with E-state index in [1.165, 1.54) is 12.4 Å². The van der Waals surface area contributed by atoms with Crippen LogP contribution in [-0.2, 0) is 7.05 Å². The topological polar surface area (TPSA) is 99.3 Å². The van der Waals surface area contributed by atoms with E-state index in [2.05, 4.69) is 35.0 Å². The van der Waals surface area contributed by atoms with Crippen LogP contribution in [0.1, 0.15) is 38.4 Å². The summed E-state index contributed by atoms with van der Waals surface area (Å²) in [5, 5.41) is 8.52. The summed E-state index contributed by atoms with van der Waals surface area (Å²) in [7, 11) is 1.75. The van der Waals surface area contributed by atoms with Gasteiger partial charge in [0.2, 0.25) is 5.88 Å². The van der Waals surface area contributed by atoms with Crippen LogP contribution in [0.2, 0.25) is 0 Å². The molecule has 0 bridgehead atoms. The monoisotopic (exact) mass is 462 g/mol. The zero-order valence-corrected chi connectivity index (χ0v) is 19.1. The zero-order valence-electron chi connectivity index (χ0n) is 19.1. The van der Waals surface area contributed by atoms with E-state index in [9.17, 15) is 4.39 Å². The van der Waals surface area contributed by atoms with Gasteiger partial charge in [0.05, 0.1) is 6.57 Å². The Hall–Kier alpha value is -4.07. The first kappa shape index (κ1) is 21.8. The molecule has 34 heavy (non-hydrogen) atoms. The molecular formula is C23H23FN8O2. The van der Waals surface area contributed by atoms with Crippen molar-refractivity contribution in [1.29, 1.82) is 0 Å². The molecule has 1 fully saturated rings. The Morgan fingerprint density at radius 1 is 1.24 bits per heavy atom. The lowest BCUT2D eigenvalue weighted by molar-refractivity contribution is 0.163. The van der Waals surface area contributed by atoms with Crippen molar-refractivity contribution in [2.45, 2.75) is 38.7 Å². The van der Waals surface area contributed by atoms with E-state index in [4.69, 9.17) is 15.8 Å². The Balaban J connectivity index is 1.36. The summed E-state index contributed by atoms with van der Waals surface area (Å²) in [5.41, 5.74) is 1.97. The highest BCUT2D eigenvalue weighted by Crippen LogP contribution is 2.34.